The summed E-state index contributed by atoms with van der Waals surface area (Å²) in [5.74, 6) is 0.942. The summed E-state index contributed by atoms with van der Waals surface area (Å²) in [5.41, 5.74) is 1.08. The molecule has 112 valence electrons. The van der Waals surface area contributed by atoms with E-state index in [0.717, 1.165) is 16.6 Å². The molecule has 6 heteroatoms. The van der Waals surface area contributed by atoms with Crippen LogP contribution in [-0.4, -0.2) is 32.7 Å². The molecule has 0 radical (unpaired) electrons. The molecular formula is C14H21BrN2O3. The third-order valence-electron chi connectivity index (χ3n) is 2.63. The molecule has 0 aliphatic heterocycles. The number of ether oxygens (including phenoxy) is 2. The molecule has 0 saturated carbocycles. The average molecular weight is 345 g/mol. The number of hydrogen-bond donors (Lipinski definition) is 2. The van der Waals surface area contributed by atoms with Crippen LogP contribution < -0.4 is 20.1 Å². The molecule has 5 nitrogen and oxygen atoms in total. The number of carbonyl (C=O) groups is 1. The van der Waals surface area contributed by atoms with Crippen molar-refractivity contribution >= 4 is 21.8 Å². The van der Waals surface area contributed by atoms with Crippen molar-refractivity contribution in [1.29, 1.82) is 0 Å². The largest absolute Gasteiger partial charge is 0.493 e. The van der Waals surface area contributed by atoms with E-state index in [0.29, 0.717) is 17.5 Å². The number of rotatable bonds is 7. The molecule has 0 fully saturated rings. The first-order valence-electron chi connectivity index (χ1n) is 6.41. The Morgan fingerprint density at radius 2 is 2.10 bits per heavy atom. The molecule has 0 bridgehead atoms. The van der Waals surface area contributed by atoms with E-state index >= 15 is 0 Å². The van der Waals surface area contributed by atoms with Crippen molar-refractivity contribution in [2.75, 3.05) is 20.8 Å². The zero-order valence-corrected chi connectivity index (χ0v) is 13.8. The number of nitrogens with one attached hydrogen (secondary N) is 2. The van der Waals surface area contributed by atoms with E-state index < -0.39 is 0 Å². The topological polar surface area (TPSA) is 59.6 Å². The van der Waals surface area contributed by atoms with Gasteiger partial charge in [-0.3, -0.25) is 4.79 Å². The minimum Gasteiger partial charge on any atom is -0.493 e. The molecule has 1 aromatic rings. The van der Waals surface area contributed by atoms with Gasteiger partial charge in [0.1, 0.15) is 0 Å². The lowest BCUT2D eigenvalue weighted by molar-refractivity contribution is -0.122. The molecule has 1 aromatic carbocycles. The first-order chi connectivity index (χ1) is 9.47. The van der Waals surface area contributed by atoms with Gasteiger partial charge in [-0.05, 0) is 33.6 Å². The van der Waals surface area contributed by atoms with E-state index in [4.69, 9.17) is 9.47 Å². The van der Waals surface area contributed by atoms with E-state index in [2.05, 4.69) is 40.4 Å². The van der Waals surface area contributed by atoms with Crippen LogP contribution in [0.4, 0.5) is 0 Å². The fourth-order valence-corrected chi connectivity index (χ4v) is 2.15. The van der Waals surface area contributed by atoms with Gasteiger partial charge in [0.05, 0.1) is 11.6 Å². The van der Waals surface area contributed by atoms with Crippen molar-refractivity contribution in [2.45, 2.75) is 26.4 Å². The maximum atomic E-state index is 11.2. The third-order valence-corrected chi connectivity index (χ3v) is 3.22. The van der Waals surface area contributed by atoms with E-state index in [-0.39, 0.29) is 12.5 Å². The highest BCUT2D eigenvalue weighted by Gasteiger charge is 2.13. The van der Waals surface area contributed by atoms with Crippen LogP contribution in [0, 0.1) is 0 Å². The second-order valence-electron chi connectivity index (χ2n) is 4.61. The van der Waals surface area contributed by atoms with Gasteiger partial charge in [0, 0.05) is 19.6 Å². The standard InChI is InChI=1S/C14H21BrN2O3/c1-9(2)17-7-10-5-11(15)14(12(6-10)19-4)20-8-13(18)16-3/h5-6,9,17H,7-8H2,1-4H3,(H,16,18). The average Bonchev–Trinajstić information content (AvgIpc) is 2.42. The van der Waals surface area contributed by atoms with Gasteiger partial charge in [0.2, 0.25) is 0 Å². The molecule has 0 aliphatic carbocycles. The van der Waals surface area contributed by atoms with Crippen molar-refractivity contribution in [3.8, 4) is 11.5 Å². The minimum absolute atomic E-state index is 0.0466. The second kappa shape index (κ2) is 8.11. The zero-order chi connectivity index (χ0) is 15.1. The molecule has 0 heterocycles. The molecule has 0 unspecified atom stereocenters. The van der Waals surface area contributed by atoms with Crippen molar-refractivity contribution < 1.29 is 14.3 Å². The summed E-state index contributed by atoms with van der Waals surface area (Å²) in [5, 5.41) is 5.84. The lowest BCUT2D eigenvalue weighted by Gasteiger charge is -2.15. The number of likely N-dealkylation sites (N-methyl/N-ethyl adjacent to an activating group) is 1. The minimum atomic E-state index is -0.190. The Morgan fingerprint density at radius 3 is 2.65 bits per heavy atom. The second-order valence-corrected chi connectivity index (χ2v) is 5.46. The Bertz CT molecular complexity index is 464. The summed E-state index contributed by atoms with van der Waals surface area (Å²) in [6.45, 7) is 4.87. The van der Waals surface area contributed by atoms with Crippen LogP contribution in [0.5, 0.6) is 11.5 Å². The predicted molar refractivity (Wildman–Crippen MR) is 82.2 cm³/mol. The van der Waals surface area contributed by atoms with Crippen LogP contribution in [0.15, 0.2) is 16.6 Å². The summed E-state index contributed by atoms with van der Waals surface area (Å²) in [4.78, 5) is 11.2. The molecule has 1 amide bonds. The first-order valence-corrected chi connectivity index (χ1v) is 7.20. The van der Waals surface area contributed by atoms with Gasteiger partial charge < -0.3 is 20.1 Å². The van der Waals surface area contributed by atoms with Gasteiger partial charge in [-0.2, -0.15) is 0 Å². The SMILES string of the molecule is CNC(=O)COc1c(Br)cc(CNC(C)C)cc1OC. The number of methoxy groups -OCH3 is 1. The maximum Gasteiger partial charge on any atom is 0.257 e. The summed E-state index contributed by atoms with van der Waals surface area (Å²) < 4.78 is 11.6. The van der Waals surface area contributed by atoms with Crippen LogP contribution in [0.1, 0.15) is 19.4 Å². The number of amides is 1. The number of benzene rings is 1. The number of carbonyl (C=O) groups excluding carboxylic acids is 1. The van der Waals surface area contributed by atoms with Gasteiger partial charge in [0.15, 0.2) is 18.1 Å². The predicted octanol–water partition coefficient (Wildman–Crippen LogP) is 2.08. The molecule has 0 saturated heterocycles. The molecule has 2 N–H and O–H groups in total. The van der Waals surface area contributed by atoms with Gasteiger partial charge >= 0.3 is 0 Å². The summed E-state index contributed by atoms with van der Waals surface area (Å²) in [7, 11) is 3.15. The third kappa shape index (κ3) is 5.02. The molecule has 0 spiro atoms. The quantitative estimate of drug-likeness (QED) is 0.795. The van der Waals surface area contributed by atoms with Crippen molar-refractivity contribution in [2.24, 2.45) is 0 Å². The van der Waals surface area contributed by atoms with Gasteiger partial charge in [-0.1, -0.05) is 13.8 Å². The molecule has 0 aliphatic rings. The summed E-state index contributed by atoms with van der Waals surface area (Å²) >= 11 is 3.45. The molecular weight excluding hydrogens is 324 g/mol. The fourth-order valence-electron chi connectivity index (χ4n) is 1.55. The Morgan fingerprint density at radius 1 is 1.40 bits per heavy atom. The van der Waals surface area contributed by atoms with Crippen LogP contribution in [0.2, 0.25) is 0 Å². The highest BCUT2D eigenvalue weighted by Crippen LogP contribution is 2.36. The van der Waals surface area contributed by atoms with Gasteiger partial charge in [-0.15, -0.1) is 0 Å². The van der Waals surface area contributed by atoms with E-state index in [1.165, 1.54) is 0 Å². The summed E-state index contributed by atoms with van der Waals surface area (Å²) in [6, 6.07) is 4.26. The van der Waals surface area contributed by atoms with Gasteiger partial charge in [0.25, 0.3) is 5.91 Å². The van der Waals surface area contributed by atoms with Gasteiger partial charge in [-0.25, -0.2) is 0 Å². The maximum absolute atomic E-state index is 11.2. The van der Waals surface area contributed by atoms with E-state index in [1.54, 1.807) is 14.2 Å². The van der Waals surface area contributed by atoms with E-state index in [9.17, 15) is 4.79 Å². The monoisotopic (exact) mass is 344 g/mol. The molecule has 0 aromatic heterocycles. The normalized spacial score (nSPS) is 10.5. The van der Waals surface area contributed by atoms with Crippen molar-refractivity contribution in [3.63, 3.8) is 0 Å². The Kier molecular flexibility index (Phi) is 6.81. The zero-order valence-electron chi connectivity index (χ0n) is 12.2. The van der Waals surface area contributed by atoms with Crippen LogP contribution >= 0.6 is 15.9 Å². The lowest BCUT2D eigenvalue weighted by Crippen LogP contribution is -2.25. The van der Waals surface area contributed by atoms with Crippen molar-refractivity contribution in [1.82, 2.24) is 10.6 Å². The molecule has 1 rings (SSSR count). The van der Waals surface area contributed by atoms with E-state index in [1.807, 2.05) is 12.1 Å². The fraction of sp³-hybridized carbons (Fsp3) is 0.500. The highest BCUT2D eigenvalue weighted by molar-refractivity contribution is 9.10. The number of hydrogen-bond acceptors (Lipinski definition) is 4. The Labute approximate surface area is 128 Å². The Balaban J connectivity index is 2.87. The Hall–Kier alpha value is -1.27. The van der Waals surface area contributed by atoms with Crippen molar-refractivity contribution in [3.05, 3.63) is 22.2 Å². The number of halogens is 1. The van der Waals surface area contributed by atoms with Crippen LogP contribution in [-0.2, 0) is 11.3 Å². The molecule has 20 heavy (non-hydrogen) atoms. The molecule has 0 atom stereocenters. The summed E-state index contributed by atoms with van der Waals surface area (Å²) in [6.07, 6.45) is 0. The lowest BCUT2D eigenvalue weighted by atomic mass is 10.2. The van der Waals surface area contributed by atoms with Crippen LogP contribution in [0.25, 0.3) is 0 Å². The smallest absolute Gasteiger partial charge is 0.257 e. The first kappa shape index (κ1) is 16.8. The van der Waals surface area contributed by atoms with Crippen LogP contribution in [0.3, 0.4) is 0 Å². The highest BCUT2D eigenvalue weighted by atomic mass is 79.9.